The smallest absolute Gasteiger partial charge is 0.227 e. The molecule has 0 unspecified atom stereocenters. The molecule has 6 nitrogen and oxygen atoms in total. The summed E-state index contributed by atoms with van der Waals surface area (Å²) in [5.41, 5.74) is 3.20. The number of methoxy groups -OCH3 is 1. The highest BCUT2D eigenvalue weighted by molar-refractivity contribution is 5.80. The summed E-state index contributed by atoms with van der Waals surface area (Å²) in [6.07, 6.45) is 0.681. The van der Waals surface area contributed by atoms with E-state index in [2.05, 4.69) is 6.07 Å². The monoisotopic (exact) mass is 410 g/mol. The van der Waals surface area contributed by atoms with Crippen molar-refractivity contribution in [3.05, 3.63) is 59.2 Å². The fraction of sp³-hybridized carbons (Fsp3) is 0.417. The lowest BCUT2D eigenvalue weighted by atomic mass is 10.1. The van der Waals surface area contributed by atoms with E-state index >= 15 is 0 Å². The average Bonchev–Trinajstić information content (AvgIpc) is 2.75. The number of rotatable bonds is 7. The summed E-state index contributed by atoms with van der Waals surface area (Å²) in [5.74, 6) is 1.72. The zero-order valence-corrected chi connectivity index (χ0v) is 18.0. The van der Waals surface area contributed by atoms with Crippen molar-refractivity contribution >= 4 is 11.8 Å². The van der Waals surface area contributed by atoms with E-state index in [0.29, 0.717) is 45.6 Å². The number of carbonyl (C=O) groups excluding carboxylic acids is 2. The number of amides is 2. The van der Waals surface area contributed by atoms with Crippen LogP contribution >= 0.6 is 0 Å². The minimum atomic E-state index is 0.0691. The second-order valence-corrected chi connectivity index (χ2v) is 7.66. The molecule has 0 spiro atoms. The van der Waals surface area contributed by atoms with Crippen LogP contribution in [0.1, 0.15) is 23.1 Å². The number of piperazine rings is 1. The molecule has 0 aromatic heterocycles. The Morgan fingerprint density at radius 1 is 0.933 bits per heavy atom. The van der Waals surface area contributed by atoms with Gasteiger partial charge in [0.2, 0.25) is 11.8 Å². The van der Waals surface area contributed by atoms with Crippen LogP contribution in [0.3, 0.4) is 0 Å². The second kappa shape index (κ2) is 10.1. The van der Waals surface area contributed by atoms with E-state index in [0.717, 1.165) is 22.6 Å². The molecule has 2 aromatic rings. The normalized spacial score (nSPS) is 13.8. The Bertz CT molecular complexity index is 889. The highest BCUT2D eigenvalue weighted by Crippen LogP contribution is 2.19. The van der Waals surface area contributed by atoms with E-state index in [9.17, 15) is 9.59 Å². The van der Waals surface area contributed by atoms with Crippen LogP contribution in [0.25, 0.3) is 0 Å². The predicted octanol–water partition coefficient (Wildman–Crippen LogP) is 2.99. The molecule has 0 bridgehead atoms. The van der Waals surface area contributed by atoms with Gasteiger partial charge in [-0.3, -0.25) is 9.59 Å². The third kappa shape index (κ3) is 5.75. The second-order valence-electron chi connectivity index (χ2n) is 7.66. The van der Waals surface area contributed by atoms with Gasteiger partial charge in [-0.15, -0.1) is 0 Å². The standard InChI is InChI=1S/C24H30N2O4/c1-18-7-8-22(19(2)15-18)30-14-9-23(27)25-10-12-26(13-11-25)24(28)17-20-5-4-6-21(16-20)29-3/h4-8,15-16H,9-14,17H2,1-3H3. The molecule has 30 heavy (non-hydrogen) atoms. The van der Waals surface area contributed by atoms with Crippen molar-refractivity contribution in [3.63, 3.8) is 0 Å². The van der Waals surface area contributed by atoms with Gasteiger partial charge in [0, 0.05) is 26.2 Å². The van der Waals surface area contributed by atoms with Crippen molar-refractivity contribution in [2.24, 2.45) is 0 Å². The molecule has 6 heteroatoms. The Kier molecular flexibility index (Phi) is 7.33. The first-order valence-electron chi connectivity index (χ1n) is 10.3. The van der Waals surface area contributed by atoms with E-state index in [4.69, 9.17) is 9.47 Å². The van der Waals surface area contributed by atoms with E-state index in [1.165, 1.54) is 5.56 Å². The summed E-state index contributed by atoms with van der Waals surface area (Å²) in [6.45, 7) is 6.66. The van der Waals surface area contributed by atoms with Gasteiger partial charge in [0.05, 0.1) is 26.6 Å². The molecule has 0 N–H and O–H groups in total. The fourth-order valence-electron chi connectivity index (χ4n) is 3.64. The molecule has 0 atom stereocenters. The lowest BCUT2D eigenvalue weighted by molar-refractivity contribution is -0.139. The maximum Gasteiger partial charge on any atom is 0.227 e. The van der Waals surface area contributed by atoms with Crippen molar-refractivity contribution in [1.29, 1.82) is 0 Å². The molecule has 1 aliphatic heterocycles. The van der Waals surface area contributed by atoms with Gasteiger partial charge in [0.1, 0.15) is 11.5 Å². The van der Waals surface area contributed by atoms with E-state index < -0.39 is 0 Å². The van der Waals surface area contributed by atoms with Crippen molar-refractivity contribution in [1.82, 2.24) is 9.80 Å². The predicted molar refractivity (Wildman–Crippen MR) is 116 cm³/mol. The molecule has 1 heterocycles. The summed E-state index contributed by atoms with van der Waals surface area (Å²) in [7, 11) is 1.62. The van der Waals surface area contributed by atoms with Crippen LogP contribution in [0.5, 0.6) is 11.5 Å². The molecular weight excluding hydrogens is 380 g/mol. The summed E-state index contributed by atoms with van der Waals surface area (Å²) in [4.78, 5) is 28.7. The highest BCUT2D eigenvalue weighted by atomic mass is 16.5. The number of benzene rings is 2. The van der Waals surface area contributed by atoms with Crippen molar-refractivity contribution in [2.45, 2.75) is 26.7 Å². The zero-order valence-electron chi connectivity index (χ0n) is 18.0. The molecule has 0 saturated carbocycles. The van der Waals surface area contributed by atoms with Gasteiger partial charge >= 0.3 is 0 Å². The Balaban J connectivity index is 1.41. The molecule has 160 valence electrons. The minimum absolute atomic E-state index is 0.0691. The molecule has 3 rings (SSSR count). The lowest BCUT2D eigenvalue weighted by Gasteiger charge is -2.35. The van der Waals surface area contributed by atoms with Crippen LogP contribution < -0.4 is 9.47 Å². The van der Waals surface area contributed by atoms with Gasteiger partial charge in [-0.2, -0.15) is 0 Å². The molecule has 0 aliphatic carbocycles. The lowest BCUT2D eigenvalue weighted by Crippen LogP contribution is -2.51. The third-order valence-electron chi connectivity index (χ3n) is 5.38. The number of aryl methyl sites for hydroxylation is 2. The molecule has 1 fully saturated rings. The number of hydrogen-bond donors (Lipinski definition) is 0. The average molecular weight is 411 g/mol. The first-order valence-corrected chi connectivity index (χ1v) is 10.3. The number of hydrogen-bond acceptors (Lipinski definition) is 4. The number of carbonyl (C=O) groups is 2. The maximum absolute atomic E-state index is 12.6. The van der Waals surface area contributed by atoms with Crippen LogP contribution in [-0.2, 0) is 16.0 Å². The molecule has 0 radical (unpaired) electrons. The van der Waals surface area contributed by atoms with Gasteiger partial charge in [-0.25, -0.2) is 0 Å². The molecule has 1 saturated heterocycles. The fourth-order valence-corrected chi connectivity index (χ4v) is 3.64. The number of nitrogens with zero attached hydrogens (tertiary/aromatic N) is 2. The Morgan fingerprint density at radius 3 is 2.30 bits per heavy atom. The largest absolute Gasteiger partial charge is 0.497 e. The SMILES string of the molecule is COc1cccc(CC(=O)N2CCN(C(=O)CCOc3ccc(C)cc3C)CC2)c1. The van der Waals surface area contributed by atoms with E-state index in [1.54, 1.807) is 7.11 Å². The summed E-state index contributed by atoms with van der Waals surface area (Å²) < 4.78 is 11.0. The Hall–Kier alpha value is -3.02. The van der Waals surface area contributed by atoms with Crippen LogP contribution in [0.2, 0.25) is 0 Å². The summed E-state index contributed by atoms with van der Waals surface area (Å²) in [6, 6.07) is 13.6. The van der Waals surface area contributed by atoms with Crippen molar-refractivity contribution < 1.29 is 19.1 Å². The maximum atomic E-state index is 12.6. The number of ether oxygens (including phenoxy) is 2. The highest BCUT2D eigenvalue weighted by Gasteiger charge is 2.24. The topological polar surface area (TPSA) is 59.1 Å². The van der Waals surface area contributed by atoms with E-state index in [-0.39, 0.29) is 11.8 Å². The van der Waals surface area contributed by atoms with Gasteiger partial charge < -0.3 is 19.3 Å². The molecular formula is C24H30N2O4. The third-order valence-corrected chi connectivity index (χ3v) is 5.38. The quantitative estimate of drug-likeness (QED) is 0.704. The van der Waals surface area contributed by atoms with Crippen molar-refractivity contribution in [3.8, 4) is 11.5 Å². The van der Waals surface area contributed by atoms with Gasteiger partial charge in [0.15, 0.2) is 0 Å². The minimum Gasteiger partial charge on any atom is -0.497 e. The summed E-state index contributed by atoms with van der Waals surface area (Å²) in [5, 5.41) is 0. The Labute approximate surface area is 178 Å². The van der Waals surface area contributed by atoms with Gasteiger partial charge in [-0.1, -0.05) is 29.8 Å². The summed E-state index contributed by atoms with van der Waals surface area (Å²) >= 11 is 0. The van der Waals surface area contributed by atoms with Gasteiger partial charge in [-0.05, 0) is 43.2 Å². The Morgan fingerprint density at radius 2 is 1.63 bits per heavy atom. The molecule has 2 aromatic carbocycles. The van der Waals surface area contributed by atoms with Gasteiger partial charge in [0.25, 0.3) is 0 Å². The zero-order chi connectivity index (χ0) is 21.5. The van der Waals surface area contributed by atoms with Crippen LogP contribution in [0.15, 0.2) is 42.5 Å². The van der Waals surface area contributed by atoms with Crippen molar-refractivity contribution in [2.75, 3.05) is 39.9 Å². The first-order chi connectivity index (χ1) is 14.5. The molecule has 1 aliphatic rings. The van der Waals surface area contributed by atoms with E-state index in [1.807, 2.05) is 60.0 Å². The molecule has 2 amide bonds. The van der Waals surface area contributed by atoms with Crippen LogP contribution in [-0.4, -0.2) is 61.5 Å². The van der Waals surface area contributed by atoms with Crippen LogP contribution in [0.4, 0.5) is 0 Å². The first kappa shape index (κ1) is 21.7. The van der Waals surface area contributed by atoms with Crippen LogP contribution in [0, 0.1) is 13.8 Å².